The van der Waals surface area contributed by atoms with Gasteiger partial charge in [-0.25, -0.2) is 0 Å². The van der Waals surface area contributed by atoms with Gasteiger partial charge in [0.15, 0.2) is 11.2 Å². The van der Waals surface area contributed by atoms with E-state index in [4.69, 9.17) is 8.83 Å². The molecule has 0 radical (unpaired) electrons. The molecule has 0 amide bonds. The first-order valence-electron chi connectivity index (χ1n) is 25.7. The summed E-state index contributed by atoms with van der Waals surface area (Å²) in [4.78, 5) is 4.74. The topological polar surface area (TPSA) is 41.6 Å². The first-order chi connectivity index (χ1) is 36.9. The molecule has 354 valence electrons. The number of allylic oxidation sites excluding steroid dienone is 2. The zero-order valence-electron chi connectivity index (χ0n) is 41.5. The van der Waals surface area contributed by atoms with Crippen LogP contribution in [0.1, 0.15) is 22.5 Å². The van der Waals surface area contributed by atoms with Gasteiger partial charge in [-0.1, -0.05) is 140 Å². The Hall–Kier alpha value is -9.78. The summed E-state index contributed by atoms with van der Waals surface area (Å²) in [6.07, 6.45) is 5.87. The Balaban J connectivity index is 0.891. The van der Waals surface area contributed by atoms with E-state index in [1.54, 1.807) is 0 Å². The second-order valence-corrected chi connectivity index (χ2v) is 20.2. The number of nitrogens with zero attached hydrogens (tertiary/aromatic N) is 4. The molecule has 0 saturated carbocycles. The molecule has 10 aromatic carbocycles. The highest BCUT2D eigenvalue weighted by molar-refractivity contribution is 6.29. The van der Waals surface area contributed by atoms with Crippen molar-refractivity contribution >= 4 is 149 Å². The third kappa shape index (κ3) is 5.68. The number of aromatic nitrogens is 2. The monoisotopic (exact) mass is 962 g/mol. The summed E-state index contributed by atoms with van der Waals surface area (Å²) >= 11 is 0. The van der Waals surface area contributed by atoms with Gasteiger partial charge in [-0.3, -0.25) is 0 Å². The number of fused-ring (bicyclic) bond motifs is 16. The predicted octanol–water partition coefficient (Wildman–Crippen LogP) is 19.7. The number of anilines is 6. The van der Waals surface area contributed by atoms with Crippen molar-refractivity contribution in [1.82, 2.24) is 8.80 Å². The van der Waals surface area contributed by atoms with Crippen molar-refractivity contribution in [3.8, 4) is 0 Å². The first-order valence-corrected chi connectivity index (χ1v) is 25.7. The molecule has 0 saturated heterocycles. The van der Waals surface area contributed by atoms with E-state index < -0.39 is 0 Å². The average Bonchev–Trinajstić information content (AvgIpc) is 4.31. The lowest BCUT2D eigenvalue weighted by atomic mass is 10.0. The summed E-state index contributed by atoms with van der Waals surface area (Å²) in [5, 5.41) is 13.2. The van der Waals surface area contributed by atoms with Crippen molar-refractivity contribution in [2.24, 2.45) is 0 Å². The third-order valence-corrected chi connectivity index (χ3v) is 16.1. The molecule has 0 fully saturated rings. The van der Waals surface area contributed by atoms with Gasteiger partial charge < -0.3 is 27.4 Å². The first kappa shape index (κ1) is 41.8. The van der Waals surface area contributed by atoms with Crippen LogP contribution in [0.5, 0.6) is 0 Å². The van der Waals surface area contributed by atoms with Gasteiger partial charge in [0.25, 0.3) is 0 Å². The van der Waals surface area contributed by atoms with E-state index in [0.29, 0.717) is 0 Å². The Morgan fingerprint density at radius 2 is 0.827 bits per heavy atom. The maximum atomic E-state index is 6.69. The fourth-order valence-corrected chi connectivity index (χ4v) is 12.8. The highest BCUT2D eigenvalue weighted by Gasteiger charge is 2.27. The van der Waals surface area contributed by atoms with Gasteiger partial charge in [0, 0.05) is 87.6 Å². The molecule has 6 nitrogen and oxygen atoms in total. The van der Waals surface area contributed by atoms with Crippen molar-refractivity contribution in [3.63, 3.8) is 0 Å². The van der Waals surface area contributed by atoms with Crippen molar-refractivity contribution < 1.29 is 8.83 Å². The Morgan fingerprint density at radius 3 is 1.37 bits per heavy atom. The van der Waals surface area contributed by atoms with Crippen LogP contribution in [0.4, 0.5) is 34.1 Å². The molecular weight excluding hydrogens is 917 g/mol. The molecule has 0 N–H and O–H groups in total. The van der Waals surface area contributed by atoms with Crippen molar-refractivity contribution in [1.29, 1.82) is 0 Å². The minimum Gasteiger partial charge on any atom is -0.459 e. The summed E-state index contributed by atoms with van der Waals surface area (Å²) in [7, 11) is 0. The molecule has 0 aliphatic carbocycles. The van der Waals surface area contributed by atoms with Crippen molar-refractivity contribution in [2.75, 3.05) is 9.80 Å². The predicted molar refractivity (Wildman–Crippen MR) is 316 cm³/mol. The van der Waals surface area contributed by atoms with Gasteiger partial charge in [0.2, 0.25) is 0 Å². The summed E-state index contributed by atoms with van der Waals surface area (Å²) in [5.41, 5.74) is 19.6. The molecule has 0 spiro atoms. The Morgan fingerprint density at radius 1 is 0.387 bits per heavy atom. The maximum Gasteiger partial charge on any atom is 0.159 e. The summed E-state index contributed by atoms with van der Waals surface area (Å²) in [6, 6.07) is 71.0. The van der Waals surface area contributed by atoms with Gasteiger partial charge in [-0.05, 0) is 111 Å². The highest BCUT2D eigenvalue weighted by atomic mass is 16.3. The van der Waals surface area contributed by atoms with Gasteiger partial charge in [-0.15, -0.1) is 0 Å². The number of para-hydroxylation sites is 7. The van der Waals surface area contributed by atoms with Crippen LogP contribution >= 0.6 is 0 Å². The van der Waals surface area contributed by atoms with Crippen LogP contribution in [0.15, 0.2) is 222 Å². The second-order valence-electron chi connectivity index (χ2n) is 20.2. The maximum absolute atomic E-state index is 6.69. The van der Waals surface area contributed by atoms with Gasteiger partial charge >= 0.3 is 0 Å². The van der Waals surface area contributed by atoms with Crippen LogP contribution in [-0.4, -0.2) is 8.80 Å². The fourth-order valence-electron chi connectivity index (χ4n) is 12.8. The summed E-state index contributed by atoms with van der Waals surface area (Å²) < 4.78 is 18.4. The van der Waals surface area contributed by atoms with E-state index >= 15 is 0 Å². The Kier molecular flexibility index (Phi) is 8.57. The normalized spacial score (nSPS) is 12.5. The Labute approximate surface area is 430 Å². The van der Waals surface area contributed by atoms with E-state index in [1.165, 1.54) is 87.3 Å². The number of rotatable bonds is 8. The zero-order valence-corrected chi connectivity index (χ0v) is 41.5. The van der Waals surface area contributed by atoms with Crippen LogP contribution in [0.3, 0.4) is 0 Å². The molecule has 6 heteroatoms. The minimum absolute atomic E-state index is 0.852. The van der Waals surface area contributed by atoms with Crippen LogP contribution in [0.2, 0.25) is 0 Å². The van der Waals surface area contributed by atoms with E-state index in [9.17, 15) is 0 Å². The fraction of sp³-hybridized carbons (Fsp3) is 0.0435. The average molecular weight is 963 g/mol. The molecule has 16 aromatic rings. The minimum atomic E-state index is 0.852. The van der Waals surface area contributed by atoms with Crippen molar-refractivity contribution in [2.45, 2.75) is 20.8 Å². The van der Waals surface area contributed by atoms with E-state index in [2.05, 4.69) is 233 Å². The summed E-state index contributed by atoms with van der Waals surface area (Å²) in [5.74, 6) is 0.875. The molecule has 0 aliphatic heterocycles. The quantitative estimate of drug-likeness (QED) is 0.142. The molecule has 6 heterocycles. The van der Waals surface area contributed by atoms with Gasteiger partial charge in [0.05, 0.1) is 44.5 Å². The molecule has 0 aliphatic rings. The number of hydrogen-bond acceptors (Lipinski definition) is 4. The van der Waals surface area contributed by atoms with E-state index in [0.717, 1.165) is 78.4 Å². The van der Waals surface area contributed by atoms with Gasteiger partial charge in [0.1, 0.15) is 11.3 Å². The van der Waals surface area contributed by atoms with Crippen LogP contribution < -0.4 is 9.80 Å². The molecule has 6 aromatic heterocycles. The molecule has 75 heavy (non-hydrogen) atoms. The lowest BCUT2D eigenvalue weighted by molar-refractivity contribution is 0.578. The van der Waals surface area contributed by atoms with Crippen LogP contribution in [0.25, 0.3) is 115 Å². The van der Waals surface area contributed by atoms with Gasteiger partial charge in [-0.2, -0.15) is 0 Å². The molecule has 0 bridgehead atoms. The summed E-state index contributed by atoms with van der Waals surface area (Å²) in [6.45, 7) is 10.3. The standard InChI is InChI=1S/C69H46N4O2/c1-5-6-19-45-42(4)74-68-51(45)25-15-29-61(68)70(57-27-10-7-17-40(57)2)43-32-34-59-53(36-43)47-21-13-23-49-55-39-64-56(38-63(55)72(59)66(47)49)50-24-14-22-48-54-37-44(33-35-60(54)73(64)67(48)50)71(58-28-11-8-18-41(58)3)62-30-16-26-52-46-20-9-12-31-65(46)75-69(52)62/h5-39H,1H2,2-4H3/b19-6-. The lowest BCUT2D eigenvalue weighted by Crippen LogP contribution is -2.11. The smallest absolute Gasteiger partial charge is 0.159 e. The van der Waals surface area contributed by atoms with Crippen LogP contribution in [0, 0.1) is 20.8 Å². The van der Waals surface area contributed by atoms with Crippen LogP contribution in [-0.2, 0) is 0 Å². The SMILES string of the molecule is C=C/C=C\c1c(C)oc2c(N(c3ccc4c(c3)c3cccc5c6cc7c(cc6n4c35)c3cccc4c5cc(N(c6ccccc6C)c6cccc8c6oc6ccccc68)ccc5n7c43)c3ccccc3C)cccc12. The number of aryl methyl sites for hydroxylation is 3. The van der Waals surface area contributed by atoms with E-state index in [-0.39, 0.29) is 0 Å². The van der Waals surface area contributed by atoms with E-state index in [1.807, 2.05) is 25.1 Å². The lowest BCUT2D eigenvalue weighted by Gasteiger charge is -2.27. The third-order valence-electron chi connectivity index (χ3n) is 16.1. The van der Waals surface area contributed by atoms with Crippen molar-refractivity contribution in [3.05, 3.63) is 235 Å². The molecular formula is C69H46N4O2. The number of hydrogen-bond donors (Lipinski definition) is 0. The second kappa shape index (κ2) is 15.4. The molecule has 0 atom stereocenters. The zero-order chi connectivity index (χ0) is 49.8. The molecule has 16 rings (SSSR count). The number of furan rings is 2. The largest absolute Gasteiger partial charge is 0.459 e. The Bertz CT molecular complexity index is 5100. The highest BCUT2D eigenvalue weighted by Crippen LogP contribution is 2.50. The number of benzene rings is 10. The molecule has 0 unspecified atom stereocenters.